The molecule has 15 heavy (non-hydrogen) atoms. The van der Waals surface area contributed by atoms with Gasteiger partial charge in [0.15, 0.2) is 5.78 Å². The van der Waals surface area contributed by atoms with Crippen LogP contribution in [0.3, 0.4) is 0 Å². The molecule has 0 spiro atoms. The van der Waals surface area contributed by atoms with Crippen molar-refractivity contribution in [2.75, 3.05) is 0 Å². The van der Waals surface area contributed by atoms with Crippen molar-refractivity contribution < 1.29 is 4.79 Å². The van der Waals surface area contributed by atoms with Gasteiger partial charge in [-0.1, -0.05) is 16.8 Å². The Labute approximate surface area is 95.5 Å². The van der Waals surface area contributed by atoms with Crippen LogP contribution in [0.2, 0.25) is 5.02 Å². The normalized spacial score (nSPS) is 10.5. The van der Waals surface area contributed by atoms with Crippen LogP contribution < -0.4 is 0 Å². The average molecular weight is 242 g/mol. The molecule has 2 aromatic rings. The van der Waals surface area contributed by atoms with Crippen LogP contribution in [0.25, 0.3) is 0 Å². The Kier molecular flexibility index (Phi) is 2.83. The minimum atomic E-state index is -0.0181. The maximum absolute atomic E-state index is 11.8. The first-order chi connectivity index (χ1) is 7.16. The second-order valence-corrected chi connectivity index (χ2v) is 4.40. The third kappa shape index (κ3) is 2.24. The monoisotopic (exact) mass is 241 g/mol. The number of aromatic nitrogens is 3. The lowest BCUT2D eigenvalue weighted by molar-refractivity contribution is 0.0996. The summed E-state index contributed by atoms with van der Waals surface area (Å²) in [5, 5.41) is 9.91. The molecule has 0 saturated heterocycles. The van der Waals surface area contributed by atoms with Crippen LogP contribution in [-0.2, 0) is 13.5 Å². The van der Waals surface area contributed by atoms with Gasteiger partial charge in [-0.2, -0.15) is 0 Å². The zero-order chi connectivity index (χ0) is 10.8. The second kappa shape index (κ2) is 4.12. The number of hydrogen-bond donors (Lipinski definition) is 0. The lowest BCUT2D eigenvalue weighted by atomic mass is 10.2. The maximum Gasteiger partial charge on any atom is 0.180 e. The molecule has 4 nitrogen and oxygen atoms in total. The van der Waals surface area contributed by atoms with E-state index in [0.717, 1.165) is 0 Å². The van der Waals surface area contributed by atoms with Crippen molar-refractivity contribution in [3.63, 3.8) is 0 Å². The summed E-state index contributed by atoms with van der Waals surface area (Å²) in [6.45, 7) is 0. The number of hydrogen-bond acceptors (Lipinski definition) is 4. The van der Waals surface area contributed by atoms with Crippen LogP contribution >= 0.6 is 22.9 Å². The summed E-state index contributed by atoms with van der Waals surface area (Å²) in [6.07, 6.45) is 1.97. The topological polar surface area (TPSA) is 47.8 Å². The molecule has 0 radical (unpaired) electrons. The van der Waals surface area contributed by atoms with E-state index in [2.05, 4.69) is 10.3 Å². The fraction of sp³-hybridized carbons (Fsp3) is 0.222. The van der Waals surface area contributed by atoms with Gasteiger partial charge in [0.1, 0.15) is 0 Å². The highest BCUT2D eigenvalue weighted by molar-refractivity contribution is 7.12. The van der Waals surface area contributed by atoms with Gasteiger partial charge in [-0.05, 0) is 11.4 Å². The molecule has 0 aliphatic carbocycles. The van der Waals surface area contributed by atoms with Crippen LogP contribution in [0.1, 0.15) is 15.4 Å². The Balaban J connectivity index is 2.14. The van der Waals surface area contributed by atoms with Gasteiger partial charge in [-0.15, -0.1) is 16.4 Å². The van der Waals surface area contributed by atoms with Crippen molar-refractivity contribution in [1.82, 2.24) is 15.0 Å². The predicted octanol–water partition coefficient (Wildman–Crippen LogP) is 1.96. The number of aryl methyl sites for hydroxylation is 1. The third-order valence-electron chi connectivity index (χ3n) is 1.86. The second-order valence-electron chi connectivity index (χ2n) is 3.08. The summed E-state index contributed by atoms with van der Waals surface area (Å²) in [6, 6.07) is 1.72. The fourth-order valence-electron chi connectivity index (χ4n) is 1.21. The van der Waals surface area contributed by atoms with E-state index in [-0.39, 0.29) is 12.2 Å². The summed E-state index contributed by atoms with van der Waals surface area (Å²) >= 11 is 7.20. The van der Waals surface area contributed by atoms with Gasteiger partial charge in [0.25, 0.3) is 0 Å². The summed E-state index contributed by atoms with van der Waals surface area (Å²) in [5.74, 6) is -0.0181. The van der Waals surface area contributed by atoms with E-state index in [1.54, 1.807) is 29.4 Å². The van der Waals surface area contributed by atoms with Crippen LogP contribution in [0, 0.1) is 0 Å². The lowest BCUT2D eigenvalue weighted by Crippen LogP contribution is -2.02. The number of carbonyl (C=O) groups excluding carboxylic acids is 1. The molecule has 0 unspecified atom stereocenters. The van der Waals surface area contributed by atoms with Crippen molar-refractivity contribution >= 4 is 28.7 Å². The summed E-state index contributed by atoms with van der Waals surface area (Å²) in [4.78, 5) is 12.3. The average Bonchev–Trinajstić information content (AvgIpc) is 2.75. The van der Waals surface area contributed by atoms with Crippen LogP contribution in [-0.4, -0.2) is 20.8 Å². The summed E-state index contributed by atoms with van der Waals surface area (Å²) < 4.78 is 1.57. The van der Waals surface area contributed by atoms with Crippen molar-refractivity contribution in [3.8, 4) is 0 Å². The van der Waals surface area contributed by atoms with E-state index >= 15 is 0 Å². The quantitative estimate of drug-likeness (QED) is 0.772. The molecule has 78 valence electrons. The van der Waals surface area contributed by atoms with Gasteiger partial charge >= 0.3 is 0 Å². The van der Waals surface area contributed by atoms with Gasteiger partial charge in [0.2, 0.25) is 0 Å². The molecule has 6 heteroatoms. The van der Waals surface area contributed by atoms with E-state index in [0.29, 0.717) is 15.6 Å². The first-order valence-electron chi connectivity index (χ1n) is 4.28. The minimum Gasteiger partial charge on any atom is -0.293 e. The molecule has 0 aliphatic heterocycles. The zero-order valence-electron chi connectivity index (χ0n) is 7.98. The highest BCUT2D eigenvalue weighted by atomic mass is 35.5. The number of rotatable bonds is 3. The van der Waals surface area contributed by atoms with E-state index in [4.69, 9.17) is 11.6 Å². The number of thiophene rings is 1. The van der Waals surface area contributed by atoms with E-state index in [1.165, 1.54) is 11.3 Å². The molecule has 0 saturated carbocycles. The van der Waals surface area contributed by atoms with Gasteiger partial charge in [0.05, 0.1) is 22.0 Å². The highest BCUT2D eigenvalue weighted by Crippen LogP contribution is 2.23. The molecule has 2 aromatic heterocycles. The molecule has 0 fully saturated rings. The molecule has 2 heterocycles. The number of nitrogens with zero attached hydrogens (tertiary/aromatic N) is 3. The van der Waals surface area contributed by atoms with Crippen molar-refractivity contribution in [3.05, 3.63) is 33.2 Å². The van der Waals surface area contributed by atoms with E-state index in [1.807, 2.05) is 0 Å². The van der Waals surface area contributed by atoms with Crippen molar-refractivity contribution in [1.29, 1.82) is 0 Å². The SMILES string of the molecule is Cn1cc(CC(=O)c2sccc2Cl)nn1. The van der Waals surface area contributed by atoms with E-state index < -0.39 is 0 Å². The van der Waals surface area contributed by atoms with Gasteiger partial charge in [-0.3, -0.25) is 9.48 Å². The van der Waals surface area contributed by atoms with Gasteiger partial charge in [-0.25, -0.2) is 0 Å². The Morgan fingerprint density at radius 2 is 2.47 bits per heavy atom. The smallest absolute Gasteiger partial charge is 0.180 e. The standard InChI is InChI=1S/C9H8ClN3OS/c1-13-5-6(11-12-13)4-8(14)9-7(10)2-3-15-9/h2-3,5H,4H2,1H3. The largest absolute Gasteiger partial charge is 0.293 e. The summed E-state index contributed by atoms with van der Waals surface area (Å²) in [7, 11) is 1.76. The first kappa shape index (κ1) is 10.3. The Bertz CT molecular complexity index is 491. The number of Topliss-reactive ketones (excluding diaryl/α,β-unsaturated/α-hetero) is 1. The van der Waals surface area contributed by atoms with Gasteiger partial charge in [0, 0.05) is 13.2 Å². The zero-order valence-corrected chi connectivity index (χ0v) is 9.55. The predicted molar refractivity (Wildman–Crippen MR) is 58.4 cm³/mol. The van der Waals surface area contributed by atoms with Crippen molar-refractivity contribution in [2.45, 2.75) is 6.42 Å². The van der Waals surface area contributed by atoms with Gasteiger partial charge < -0.3 is 0 Å². The molecule has 0 aliphatic rings. The number of halogens is 1. The fourth-order valence-corrected chi connectivity index (χ4v) is 2.31. The molecule has 0 amide bonds. The summed E-state index contributed by atoms with van der Waals surface area (Å²) in [5.41, 5.74) is 0.659. The molecule has 0 aromatic carbocycles. The minimum absolute atomic E-state index is 0.0181. The molecular weight excluding hydrogens is 234 g/mol. The van der Waals surface area contributed by atoms with Crippen LogP contribution in [0.4, 0.5) is 0 Å². The molecule has 0 bridgehead atoms. The molecule has 0 atom stereocenters. The Hall–Kier alpha value is -1.20. The Morgan fingerprint density at radius 3 is 3.00 bits per heavy atom. The first-order valence-corrected chi connectivity index (χ1v) is 5.54. The van der Waals surface area contributed by atoms with Crippen molar-refractivity contribution in [2.24, 2.45) is 7.05 Å². The highest BCUT2D eigenvalue weighted by Gasteiger charge is 2.13. The maximum atomic E-state index is 11.8. The number of carbonyl (C=O) groups is 1. The third-order valence-corrected chi connectivity index (χ3v) is 3.24. The molecule has 2 rings (SSSR count). The Morgan fingerprint density at radius 1 is 1.67 bits per heavy atom. The molecular formula is C9H8ClN3OS. The lowest BCUT2D eigenvalue weighted by Gasteiger charge is -1.94. The van der Waals surface area contributed by atoms with Crippen LogP contribution in [0.15, 0.2) is 17.6 Å². The van der Waals surface area contributed by atoms with E-state index in [9.17, 15) is 4.79 Å². The number of ketones is 1. The molecule has 0 N–H and O–H groups in total. The van der Waals surface area contributed by atoms with Crippen LogP contribution in [0.5, 0.6) is 0 Å².